The van der Waals surface area contributed by atoms with E-state index in [-0.39, 0.29) is 42.0 Å². The zero-order valence-corrected chi connectivity index (χ0v) is 19.4. The van der Waals surface area contributed by atoms with Crippen LogP contribution in [-0.2, 0) is 9.47 Å². The Morgan fingerprint density at radius 2 is 2.04 bits per heavy atom. The number of rotatable bonds is 7. The van der Waals surface area contributed by atoms with Crippen LogP contribution in [0.1, 0.15) is 44.8 Å². The number of benzene rings is 1. The molecule has 1 heterocycles. The van der Waals surface area contributed by atoms with Crippen LogP contribution >= 0.6 is 24.0 Å². The van der Waals surface area contributed by atoms with Crippen LogP contribution in [0.5, 0.6) is 0 Å². The molecule has 1 saturated heterocycles. The first-order chi connectivity index (χ1) is 13.0. The maximum Gasteiger partial charge on any atom is 0.194 e. The number of nitrogens with one attached hydrogen (secondary N) is 1. The molecule has 0 spiro atoms. The van der Waals surface area contributed by atoms with E-state index in [1.807, 2.05) is 12.1 Å². The molecule has 5 nitrogen and oxygen atoms in total. The Morgan fingerprint density at radius 1 is 1.32 bits per heavy atom. The summed E-state index contributed by atoms with van der Waals surface area (Å²) in [6.45, 7) is 8.15. The molecule has 0 radical (unpaired) electrons. The van der Waals surface area contributed by atoms with Crippen molar-refractivity contribution in [3.05, 3.63) is 35.6 Å². The molecule has 28 heavy (non-hydrogen) atoms. The molecule has 0 amide bonds. The number of guanidine groups is 1. The van der Waals surface area contributed by atoms with E-state index < -0.39 is 0 Å². The minimum Gasteiger partial charge on any atom is -0.385 e. The van der Waals surface area contributed by atoms with E-state index in [4.69, 9.17) is 14.5 Å². The maximum atomic E-state index is 13.3. The minimum absolute atomic E-state index is 0. The Bertz CT molecular complexity index is 637. The Morgan fingerprint density at radius 3 is 2.64 bits per heavy atom. The number of methoxy groups -OCH3 is 1. The first-order valence-corrected chi connectivity index (χ1v) is 9.98. The highest BCUT2D eigenvalue weighted by atomic mass is 127. The molecule has 1 aliphatic heterocycles. The number of nitrogens with zero attached hydrogens (tertiary/aromatic N) is 2. The molecule has 2 atom stereocenters. The van der Waals surface area contributed by atoms with Gasteiger partial charge in [0.15, 0.2) is 5.96 Å². The second kappa shape index (κ2) is 10.7. The monoisotopic (exact) mass is 505 g/mol. The van der Waals surface area contributed by atoms with Crippen molar-refractivity contribution in [3.63, 3.8) is 0 Å². The van der Waals surface area contributed by atoms with Crippen molar-refractivity contribution in [1.82, 2.24) is 10.2 Å². The lowest BCUT2D eigenvalue weighted by Gasteiger charge is -2.39. The second-order valence-electron chi connectivity index (χ2n) is 7.80. The van der Waals surface area contributed by atoms with Crippen LogP contribution in [-0.4, -0.2) is 56.9 Å². The first kappa shape index (κ1) is 23.3. The number of hydrogen-bond donors (Lipinski definition) is 1. The van der Waals surface area contributed by atoms with Crippen LogP contribution in [0.15, 0.2) is 29.3 Å². The fraction of sp³-hybridized carbons (Fsp3) is 0.667. The predicted octanol–water partition coefficient (Wildman–Crippen LogP) is 3.99. The molecule has 3 rings (SSSR count). The normalized spacial score (nSPS) is 23.9. The zero-order chi connectivity index (χ0) is 19.3. The van der Waals surface area contributed by atoms with Gasteiger partial charge in [-0.1, -0.05) is 12.1 Å². The second-order valence-corrected chi connectivity index (χ2v) is 7.80. The van der Waals surface area contributed by atoms with Crippen molar-refractivity contribution in [2.75, 3.05) is 39.9 Å². The number of aliphatic imine (C=N–C) groups is 1. The van der Waals surface area contributed by atoms with Gasteiger partial charge in [-0.15, -0.1) is 24.0 Å². The van der Waals surface area contributed by atoms with Gasteiger partial charge in [0.25, 0.3) is 0 Å². The van der Waals surface area contributed by atoms with Crippen molar-refractivity contribution >= 4 is 29.9 Å². The lowest BCUT2D eigenvalue weighted by Crippen LogP contribution is -2.51. The smallest absolute Gasteiger partial charge is 0.194 e. The van der Waals surface area contributed by atoms with Gasteiger partial charge in [-0.2, -0.15) is 0 Å². The van der Waals surface area contributed by atoms with Gasteiger partial charge in [0, 0.05) is 33.4 Å². The highest BCUT2D eigenvalue weighted by Crippen LogP contribution is 2.49. The van der Waals surface area contributed by atoms with E-state index in [9.17, 15) is 4.39 Å². The zero-order valence-electron chi connectivity index (χ0n) is 17.1. The van der Waals surface area contributed by atoms with Gasteiger partial charge in [0.2, 0.25) is 0 Å². The molecule has 1 aliphatic carbocycles. The van der Waals surface area contributed by atoms with Gasteiger partial charge >= 0.3 is 0 Å². The highest BCUT2D eigenvalue weighted by Gasteiger charge is 2.42. The van der Waals surface area contributed by atoms with Crippen LogP contribution in [0.4, 0.5) is 4.39 Å². The van der Waals surface area contributed by atoms with E-state index in [2.05, 4.69) is 24.1 Å². The van der Waals surface area contributed by atoms with Gasteiger partial charge in [-0.25, -0.2) is 4.39 Å². The van der Waals surface area contributed by atoms with E-state index in [0.29, 0.717) is 12.0 Å². The molecule has 7 heteroatoms. The summed E-state index contributed by atoms with van der Waals surface area (Å²) in [6.07, 6.45) is 3.54. The summed E-state index contributed by atoms with van der Waals surface area (Å²) in [6, 6.07) is 6.61. The average Bonchev–Trinajstić information content (AvgIpc) is 3.44. The first-order valence-electron chi connectivity index (χ1n) is 9.98. The highest BCUT2D eigenvalue weighted by molar-refractivity contribution is 14.0. The number of ether oxygens (including phenoxy) is 2. The largest absolute Gasteiger partial charge is 0.385 e. The lowest BCUT2D eigenvalue weighted by atomic mass is 10.0. The fourth-order valence-electron chi connectivity index (χ4n) is 3.64. The summed E-state index contributed by atoms with van der Waals surface area (Å²) in [5.74, 6) is 0.726. The van der Waals surface area contributed by atoms with Gasteiger partial charge in [0.05, 0.1) is 12.6 Å². The lowest BCUT2D eigenvalue weighted by molar-refractivity contribution is -0.0605. The third-order valence-corrected chi connectivity index (χ3v) is 5.49. The predicted molar refractivity (Wildman–Crippen MR) is 121 cm³/mol. The molecule has 1 aromatic rings. The third-order valence-electron chi connectivity index (χ3n) is 5.49. The van der Waals surface area contributed by atoms with Gasteiger partial charge < -0.3 is 19.7 Å². The average molecular weight is 505 g/mol. The molecule has 158 valence electrons. The van der Waals surface area contributed by atoms with E-state index in [1.165, 1.54) is 25.0 Å². The van der Waals surface area contributed by atoms with Crippen LogP contribution in [0.2, 0.25) is 0 Å². The molecule has 1 aromatic carbocycles. The van der Waals surface area contributed by atoms with Crippen LogP contribution in [0.3, 0.4) is 0 Å². The molecule has 0 bridgehead atoms. The standard InChI is InChI=1S/C21H32FN3O2.HI/c1-4-23-20(24-15-21(9-10-21)11-12-26-3)25-13-16(2)27-19(14-25)17-5-7-18(22)8-6-17;/h5-8,16,19H,4,9-15H2,1-3H3,(H,23,24);1H. The summed E-state index contributed by atoms with van der Waals surface area (Å²) in [7, 11) is 1.76. The Balaban J connectivity index is 0.00000280. The van der Waals surface area contributed by atoms with Gasteiger partial charge in [0.1, 0.15) is 11.9 Å². The van der Waals surface area contributed by atoms with Crippen molar-refractivity contribution < 1.29 is 13.9 Å². The minimum atomic E-state index is -0.222. The van der Waals surface area contributed by atoms with E-state index in [0.717, 1.165) is 44.2 Å². The van der Waals surface area contributed by atoms with Gasteiger partial charge in [-0.05, 0) is 56.2 Å². The quantitative estimate of drug-likeness (QED) is 0.346. The number of morpholine rings is 1. The SMILES string of the molecule is CCNC(=NCC1(CCOC)CC1)N1CC(C)OC(c2ccc(F)cc2)C1.I. The van der Waals surface area contributed by atoms with E-state index in [1.54, 1.807) is 7.11 Å². The topological polar surface area (TPSA) is 46.1 Å². The Kier molecular flexibility index (Phi) is 8.95. The summed E-state index contributed by atoms with van der Waals surface area (Å²) in [4.78, 5) is 7.24. The molecule has 2 fully saturated rings. The summed E-state index contributed by atoms with van der Waals surface area (Å²) in [5, 5.41) is 3.44. The molecule has 2 unspecified atom stereocenters. The van der Waals surface area contributed by atoms with Gasteiger partial charge in [-0.3, -0.25) is 4.99 Å². The van der Waals surface area contributed by atoms with Crippen molar-refractivity contribution in [2.45, 2.75) is 45.3 Å². The van der Waals surface area contributed by atoms with Crippen molar-refractivity contribution in [3.8, 4) is 0 Å². The maximum absolute atomic E-state index is 13.3. The molecular formula is C21H33FIN3O2. The molecule has 2 aliphatic rings. The number of hydrogen-bond acceptors (Lipinski definition) is 3. The van der Waals surface area contributed by atoms with E-state index >= 15 is 0 Å². The van der Waals surface area contributed by atoms with Crippen molar-refractivity contribution in [2.24, 2.45) is 10.4 Å². The molecule has 0 aromatic heterocycles. The van der Waals surface area contributed by atoms with Crippen LogP contribution in [0.25, 0.3) is 0 Å². The summed E-state index contributed by atoms with van der Waals surface area (Å²) < 4.78 is 24.6. The van der Waals surface area contributed by atoms with Crippen LogP contribution in [0, 0.1) is 11.2 Å². The Labute approximate surface area is 185 Å². The number of halogens is 2. The Hall–Kier alpha value is -0.930. The summed E-state index contributed by atoms with van der Waals surface area (Å²) >= 11 is 0. The van der Waals surface area contributed by atoms with Crippen molar-refractivity contribution in [1.29, 1.82) is 0 Å². The molecule has 1 saturated carbocycles. The third kappa shape index (κ3) is 6.29. The molecular weight excluding hydrogens is 472 g/mol. The molecule has 1 N–H and O–H groups in total. The fourth-order valence-corrected chi connectivity index (χ4v) is 3.64. The van der Waals surface area contributed by atoms with Crippen LogP contribution < -0.4 is 5.32 Å². The summed E-state index contributed by atoms with van der Waals surface area (Å²) in [5.41, 5.74) is 1.33.